The summed E-state index contributed by atoms with van der Waals surface area (Å²) in [4.78, 5) is 8.41. The SMILES string of the molecule is Cc1ccc2oc(C(N)c3ccnc(C)n3)cc2c1. The molecule has 19 heavy (non-hydrogen) atoms. The molecule has 0 bridgehead atoms. The molecule has 0 aliphatic heterocycles. The Bertz CT molecular complexity index is 733. The van der Waals surface area contributed by atoms with E-state index in [4.69, 9.17) is 10.2 Å². The van der Waals surface area contributed by atoms with E-state index in [2.05, 4.69) is 23.0 Å². The standard InChI is InChI=1S/C15H15N3O/c1-9-3-4-13-11(7-9)8-14(19-13)15(16)12-5-6-17-10(2)18-12/h3-8,15H,16H2,1-2H3. The van der Waals surface area contributed by atoms with Gasteiger partial charge in [-0.05, 0) is 38.1 Å². The molecule has 2 heterocycles. The Labute approximate surface area is 111 Å². The monoisotopic (exact) mass is 253 g/mol. The Kier molecular flexibility index (Phi) is 2.80. The van der Waals surface area contributed by atoms with Crippen LogP contribution in [0, 0.1) is 13.8 Å². The molecule has 0 amide bonds. The highest BCUT2D eigenvalue weighted by Gasteiger charge is 2.15. The normalized spacial score (nSPS) is 12.8. The van der Waals surface area contributed by atoms with Crippen molar-refractivity contribution in [2.45, 2.75) is 19.9 Å². The molecular weight excluding hydrogens is 238 g/mol. The molecule has 0 aliphatic rings. The van der Waals surface area contributed by atoms with Gasteiger partial charge in [-0.3, -0.25) is 0 Å². The molecule has 0 aliphatic carbocycles. The fourth-order valence-electron chi connectivity index (χ4n) is 2.13. The first kappa shape index (κ1) is 11.9. The van der Waals surface area contributed by atoms with Crippen LogP contribution in [-0.2, 0) is 0 Å². The summed E-state index contributed by atoms with van der Waals surface area (Å²) in [6.45, 7) is 3.90. The molecule has 0 saturated carbocycles. The van der Waals surface area contributed by atoms with Crippen LogP contribution in [0.25, 0.3) is 11.0 Å². The number of rotatable bonds is 2. The van der Waals surface area contributed by atoms with Gasteiger partial charge in [-0.1, -0.05) is 11.6 Å². The number of fused-ring (bicyclic) bond motifs is 1. The van der Waals surface area contributed by atoms with Crippen molar-refractivity contribution < 1.29 is 4.42 Å². The van der Waals surface area contributed by atoms with Crippen molar-refractivity contribution in [1.82, 2.24) is 9.97 Å². The van der Waals surface area contributed by atoms with E-state index in [0.29, 0.717) is 5.82 Å². The molecule has 2 N–H and O–H groups in total. The van der Waals surface area contributed by atoms with Crippen molar-refractivity contribution in [2.75, 3.05) is 0 Å². The third-order valence-corrected chi connectivity index (χ3v) is 3.11. The first-order valence-corrected chi connectivity index (χ1v) is 6.19. The van der Waals surface area contributed by atoms with Crippen molar-refractivity contribution >= 4 is 11.0 Å². The summed E-state index contributed by atoms with van der Waals surface area (Å²) in [5.74, 6) is 1.43. The van der Waals surface area contributed by atoms with Gasteiger partial charge in [0, 0.05) is 11.6 Å². The predicted molar refractivity (Wildman–Crippen MR) is 73.8 cm³/mol. The van der Waals surface area contributed by atoms with Crippen LogP contribution in [0.15, 0.2) is 40.9 Å². The molecule has 1 unspecified atom stereocenters. The van der Waals surface area contributed by atoms with E-state index >= 15 is 0 Å². The molecule has 4 heteroatoms. The van der Waals surface area contributed by atoms with E-state index in [0.717, 1.165) is 22.4 Å². The molecule has 96 valence electrons. The average Bonchev–Trinajstić information content (AvgIpc) is 2.80. The Morgan fingerprint density at radius 1 is 1.16 bits per heavy atom. The van der Waals surface area contributed by atoms with Crippen LogP contribution in [0.1, 0.15) is 28.9 Å². The number of furan rings is 1. The van der Waals surface area contributed by atoms with Crippen LogP contribution in [0.5, 0.6) is 0 Å². The maximum absolute atomic E-state index is 6.20. The van der Waals surface area contributed by atoms with Crippen molar-refractivity contribution in [3.63, 3.8) is 0 Å². The number of nitrogens with zero attached hydrogens (tertiary/aromatic N) is 2. The molecule has 1 aromatic carbocycles. The van der Waals surface area contributed by atoms with E-state index in [1.54, 1.807) is 6.20 Å². The maximum Gasteiger partial charge on any atom is 0.134 e. The third kappa shape index (κ3) is 2.22. The molecule has 4 nitrogen and oxygen atoms in total. The summed E-state index contributed by atoms with van der Waals surface area (Å²) in [7, 11) is 0. The van der Waals surface area contributed by atoms with Gasteiger partial charge in [0.2, 0.25) is 0 Å². The van der Waals surface area contributed by atoms with Crippen molar-refractivity contribution in [2.24, 2.45) is 5.73 Å². The van der Waals surface area contributed by atoms with Gasteiger partial charge in [-0.2, -0.15) is 0 Å². The minimum absolute atomic E-state index is 0.366. The van der Waals surface area contributed by atoms with Crippen LogP contribution in [0.2, 0.25) is 0 Å². The van der Waals surface area contributed by atoms with Crippen LogP contribution in [0.4, 0.5) is 0 Å². The number of aryl methyl sites for hydroxylation is 2. The second-order valence-corrected chi connectivity index (χ2v) is 4.70. The van der Waals surface area contributed by atoms with Crippen LogP contribution in [0.3, 0.4) is 0 Å². The van der Waals surface area contributed by atoms with Crippen LogP contribution in [-0.4, -0.2) is 9.97 Å². The summed E-state index contributed by atoms with van der Waals surface area (Å²) < 4.78 is 5.79. The lowest BCUT2D eigenvalue weighted by Crippen LogP contribution is -2.13. The Morgan fingerprint density at radius 3 is 2.79 bits per heavy atom. The lowest BCUT2D eigenvalue weighted by Gasteiger charge is -2.07. The fraction of sp³-hybridized carbons (Fsp3) is 0.200. The van der Waals surface area contributed by atoms with E-state index in [-0.39, 0.29) is 6.04 Å². The van der Waals surface area contributed by atoms with Gasteiger partial charge in [0.1, 0.15) is 23.2 Å². The number of hydrogen-bond acceptors (Lipinski definition) is 4. The molecule has 0 radical (unpaired) electrons. The number of aromatic nitrogens is 2. The van der Waals surface area contributed by atoms with Crippen LogP contribution < -0.4 is 5.73 Å². The van der Waals surface area contributed by atoms with Gasteiger partial charge < -0.3 is 10.2 Å². The van der Waals surface area contributed by atoms with Gasteiger partial charge in [-0.25, -0.2) is 9.97 Å². The molecule has 2 aromatic heterocycles. The van der Waals surface area contributed by atoms with Gasteiger partial charge in [0.25, 0.3) is 0 Å². The van der Waals surface area contributed by atoms with E-state index in [1.165, 1.54) is 5.56 Å². The highest BCUT2D eigenvalue weighted by atomic mass is 16.3. The molecule has 0 saturated heterocycles. The van der Waals surface area contributed by atoms with Crippen molar-refractivity contribution in [3.05, 3.63) is 59.4 Å². The van der Waals surface area contributed by atoms with Gasteiger partial charge in [-0.15, -0.1) is 0 Å². The lowest BCUT2D eigenvalue weighted by atomic mass is 10.1. The second kappa shape index (κ2) is 4.48. The zero-order valence-electron chi connectivity index (χ0n) is 10.9. The molecule has 0 fully saturated rings. The van der Waals surface area contributed by atoms with Crippen molar-refractivity contribution in [3.8, 4) is 0 Å². The van der Waals surface area contributed by atoms with Gasteiger partial charge >= 0.3 is 0 Å². The summed E-state index contributed by atoms with van der Waals surface area (Å²) in [5, 5.41) is 1.07. The van der Waals surface area contributed by atoms with E-state index in [9.17, 15) is 0 Å². The highest BCUT2D eigenvalue weighted by molar-refractivity contribution is 5.78. The van der Waals surface area contributed by atoms with E-state index in [1.807, 2.05) is 31.2 Å². The van der Waals surface area contributed by atoms with Gasteiger partial charge in [0.15, 0.2) is 0 Å². The van der Waals surface area contributed by atoms with E-state index < -0.39 is 0 Å². The Hall–Kier alpha value is -2.20. The predicted octanol–water partition coefficient (Wildman–Crippen LogP) is 2.89. The second-order valence-electron chi connectivity index (χ2n) is 4.70. The van der Waals surface area contributed by atoms with Gasteiger partial charge in [0.05, 0.1) is 5.69 Å². The molecule has 1 atom stereocenters. The van der Waals surface area contributed by atoms with Crippen LogP contribution >= 0.6 is 0 Å². The summed E-state index contributed by atoms with van der Waals surface area (Å²) in [6.07, 6.45) is 1.71. The molecular formula is C15H15N3O. The largest absolute Gasteiger partial charge is 0.459 e. The lowest BCUT2D eigenvalue weighted by molar-refractivity contribution is 0.520. The summed E-state index contributed by atoms with van der Waals surface area (Å²) in [5.41, 5.74) is 9.02. The number of nitrogens with two attached hydrogens (primary N) is 1. The summed E-state index contributed by atoms with van der Waals surface area (Å²) in [6, 6.07) is 9.50. The quantitative estimate of drug-likeness (QED) is 0.762. The first-order valence-electron chi connectivity index (χ1n) is 6.19. The maximum atomic E-state index is 6.20. The van der Waals surface area contributed by atoms with Crippen molar-refractivity contribution in [1.29, 1.82) is 0 Å². The topological polar surface area (TPSA) is 64.9 Å². The number of benzene rings is 1. The molecule has 3 rings (SSSR count). The smallest absolute Gasteiger partial charge is 0.134 e. The molecule has 3 aromatic rings. The minimum Gasteiger partial charge on any atom is -0.459 e. The highest BCUT2D eigenvalue weighted by Crippen LogP contribution is 2.26. The Morgan fingerprint density at radius 2 is 2.00 bits per heavy atom. The first-order chi connectivity index (χ1) is 9.13. The zero-order chi connectivity index (χ0) is 13.4. The fourth-order valence-corrected chi connectivity index (χ4v) is 2.13. The summed E-state index contributed by atoms with van der Waals surface area (Å²) >= 11 is 0. The molecule has 0 spiro atoms. The number of hydrogen-bond donors (Lipinski definition) is 1. The zero-order valence-corrected chi connectivity index (χ0v) is 10.9. The minimum atomic E-state index is -0.366. The average molecular weight is 253 g/mol. The Balaban J connectivity index is 2.04. The third-order valence-electron chi connectivity index (χ3n) is 3.11.